The van der Waals surface area contributed by atoms with Crippen molar-refractivity contribution in [2.24, 2.45) is 11.8 Å². The number of benzene rings is 3. The lowest BCUT2D eigenvalue weighted by atomic mass is 9.63. The first-order chi connectivity index (χ1) is 16.4. The number of carbonyl (C=O) groups excluding carboxylic acids is 1. The normalized spacial score (nSPS) is 24.1. The Morgan fingerprint density at radius 3 is 2.24 bits per heavy atom. The van der Waals surface area contributed by atoms with Crippen molar-refractivity contribution in [3.05, 3.63) is 104 Å². The van der Waals surface area contributed by atoms with Gasteiger partial charge in [-0.15, -0.1) is 0 Å². The molecular weight excluding hydrogens is 487 g/mol. The second-order valence-electron chi connectivity index (χ2n) is 9.22. The standard InChI is InChI=1S/C28H23Cl3N2O/c29-20-7-5-19(6-8-20)27-23(22-10-9-21(30)13-26(22)31)11-12-24-25(27)16-33(28(24)34)15-18-3-1-17(14-32)2-4-18/h1-10,13,23-25,27H,11-12,15-16H2/t23-,24+,25+,27-/m0/s1. The average molecular weight is 510 g/mol. The van der Waals surface area contributed by atoms with Crippen LogP contribution in [0.2, 0.25) is 15.1 Å². The van der Waals surface area contributed by atoms with E-state index in [1.807, 2.05) is 41.3 Å². The summed E-state index contributed by atoms with van der Waals surface area (Å²) in [6, 6.07) is 23.4. The van der Waals surface area contributed by atoms with Crippen LogP contribution in [0, 0.1) is 23.2 Å². The zero-order valence-corrected chi connectivity index (χ0v) is 20.7. The number of fused-ring (bicyclic) bond motifs is 1. The summed E-state index contributed by atoms with van der Waals surface area (Å²) in [5.74, 6) is 0.715. The van der Waals surface area contributed by atoms with Crippen molar-refractivity contribution in [2.45, 2.75) is 31.2 Å². The molecule has 1 saturated heterocycles. The molecule has 1 saturated carbocycles. The maximum Gasteiger partial charge on any atom is 0.226 e. The largest absolute Gasteiger partial charge is 0.338 e. The van der Waals surface area contributed by atoms with Crippen LogP contribution in [0.1, 0.15) is 46.9 Å². The molecule has 0 spiro atoms. The highest BCUT2D eigenvalue weighted by Gasteiger charge is 2.50. The molecule has 3 aromatic carbocycles. The molecule has 172 valence electrons. The van der Waals surface area contributed by atoms with E-state index in [-0.39, 0.29) is 29.6 Å². The van der Waals surface area contributed by atoms with E-state index in [0.717, 1.165) is 24.0 Å². The van der Waals surface area contributed by atoms with Crippen LogP contribution in [-0.2, 0) is 11.3 Å². The van der Waals surface area contributed by atoms with Crippen LogP contribution in [0.4, 0.5) is 0 Å². The number of hydrogen-bond donors (Lipinski definition) is 0. The first-order valence-corrected chi connectivity index (χ1v) is 12.6. The summed E-state index contributed by atoms with van der Waals surface area (Å²) in [6.45, 7) is 1.25. The van der Waals surface area contributed by atoms with E-state index in [2.05, 4.69) is 18.2 Å². The summed E-state index contributed by atoms with van der Waals surface area (Å²) in [5.41, 5.74) is 3.92. The third kappa shape index (κ3) is 4.43. The molecular formula is C28H23Cl3N2O. The number of carbonyl (C=O) groups is 1. The Labute approximate surface area is 214 Å². The highest BCUT2D eigenvalue weighted by atomic mass is 35.5. The lowest BCUT2D eigenvalue weighted by molar-refractivity contribution is -0.132. The fourth-order valence-corrected chi connectivity index (χ4v) is 6.47. The summed E-state index contributed by atoms with van der Waals surface area (Å²) < 4.78 is 0. The SMILES string of the molecule is N#Cc1ccc(CN2C[C@H]3[C@@H](c4ccc(Cl)cc4)[C@H](c4ccc(Cl)cc4Cl)CC[C@H]3C2=O)cc1. The van der Waals surface area contributed by atoms with E-state index in [4.69, 9.17) is 40.1 Å². The van der Waals surface area contributed by atoms with Crippen molar-refractivity contribution in [1.29, 1.82) is 5.26 Å². The van der Waals surface area contributed by atoms with E-state index >= 15 is 0 Å². The van der Waals surface area contributed by atoms with Crippen molar-refractivity contribution in [3.8, 4) is 6.07 Å². The van der Waals surface area contributed by atoms with E-state index in [0.29, 0.717) is 33.7 Å². The van der Waals surface area contributed by atoms with Gasteiger partial charge in [-0.1, -0.05) is 65.1 Å². The molecule has 3 aromatic rings. The van der Waals surface area contributed by atoms with Crippen molar-refractivity contribution >= 4 is 40.7 Å². The third-order valence-corrected chi connectivity index (χ3v) is 8.15. The summed E-state index contributed by atoms with van der Waals surface area (Å²) in [6.07, 6.45) is 1.72. The molecule has 1 heterocycles. The Bertz CT molecular complexity index is 1250. The van der Waals surface area contributed by atoms with Gasteiger partial charge in [-0.2, -0.15) is 5.26 Å². The molecule has 0 unspecified atom stereocenters. The number of amides is 1. The molecule has 1 aliphatic carbocycles. The Morgan fingerprint density at radius 2 is 1.56 bits per heavy atom. The fraction of sp³-hybridized carbons (Fsp3) is 0.286. The number of nitriles is 1. The summed E-state index contributed by atoms with van der Waals surface area (Å²) in [5, 5.41) is 11.1. The predicted molar refractivity (Wildman–Crippen MR) is 136 cm³/mol. The minimum Gasteiger partial charge on any atom is -0.338 e. The molecule has 0 aromatic heterocycles. The van der Waals surface area contributed by atoms with Gasteiger partial charge in [0, 0.05) is 34.1 Å². The monoisotopic (exact) mass is 508 g/mol. The Morgan fingerprint density at radius 1 is 0.882 bits per heavy atom. The maximum atomic E-state index is 13.5. The molecule has 6 heteroatoms. The van der Waals surface area contributed by atoms with Crippen LogP contribution in [0.5, 0.6) is 0 Å². The van der Waals surface area contributed by atoms with Gasteiger partial charge in [0.1, 0.15) is 0 Å². The second kappa shape index (κ2) is 9.62. The van der Waals surface area contributed by atoms with Gasteiger partial charge in [0.2, 0.25) is 5.91 Å². The van der Waals surface area contributed by atoms with Gasteiger partial charge >= 0.3 is 0 Å². The van der Waals surface area contributed by atoms with Crippen LogP contribution in [-0.4, -0.2) is 17.4 Å². The van der Waals surface area contributed by atoms with Crippen molar-refractivity contribution in [1.82, 2.24) is 4.90 Å². The minimum absolute atomic E-state index is 0.0126. The average Bonchev–Trinajstić information content (AvgIpc) is 3.15. The van der Waals surface area contributed by atoms with Crippen LogP contribution >= 0.6 is 34.8 Å². The summed E-state index contributed by atoms with van der Waals surface area (Å²) in [4.78, 5) is 15.4. The Hall–Kier alpha value is -2.51. The van der Waals surface area contributed by atoms with Gasteiger partial charge in [-0.05, 0) is 83.7 Å². The Kier molecular flexibility index (Phi) is 6.58. The molecule has 3 nitrogen and oxygen atoms in total. The lowest BCUT2D eigenvalue weighted by Crippen LogP contribution is -2.32. The number of nitrogens with zero attached hydrogens (tertiary/aromatic N) is 2. The predicted octanol–water partition coefficient (Wildman–Crippen LogP) is 7.45. The molecule has 1 amide bonds. The van der Waals surface area contributed by atoms with E-state index in [1.165, 1.54) is 5.56 Å². The van der Waals surface area contributed by atoms with Gasteiger partial charge in [-0.3, -0.25) is 4.79 Å². The van der Waals surface area contributed by atoms with Crippen LogP contribution in [0.3, 0.4) is 0 Å². The van der Waals surface area contributed by atoms with Crippen molar-refractivity contribution in [3.63, 3.8) is 0 Å². The van der Waals surface area contributed by atoms with Gasteiger partial charge in [0.05, 0.1) is 11.6 Å². The van der Waals surface area contributed by atoms with Crippen LogP contribution in [0.15, 0.2) is 66.7 Å². The first-order valence-electron chi connectivity index (χ1n) is 11.4. The molecule has 2 fully saturated rings. The molecule has 0 radical (unpaired) electrons. The zero-order valence-electron chi connectivity index (χ0n) is 18.4. The summed E-state index contributed by atoms with van der Waals surface area (Å²) >= 11 is 19.0. The maximum absolute atomic E-state index is 13.5. The third-order valence-electron chi connectivity index (χ3n) is 7.33. The van der Waals surface area contributed by atoms with Gasteiger partial charge in [0.25, 0.3) is 0 Å². The zero-order chi connectivity index (χ0) is 23.8. The molecule has 4 atom stereocenters. The van der Waals surface area contributed by atoms with E-state index < -0.39 is 0 Å². The molecule has 0 bridgehead atoms. The second-order valence-corrected chi connectivity index (χ2v) is 10.5. The first kappa shape index (κ1) is 23.2. The van der Waals surface area contributed by atoms with Gasteiger partial charge < -0.3 is 4.90 Å². The highest BCUT2D eigenvalue weighted by molar-refractivity contribution is 6.35. The van der Waals surface area contributed by atoms with Gasteiger partial charge in [0.15, 0.2) is 0 Å². The smallest absolute Gasteiger partial charge is 0.226 e. The van der Waals surface area contributed by atoms with E-state index in [1.54, 1.807) is 18.2 Å². The van der Waals surface area contributed by atoms with Crippen molar-refractivity contribution in [2.75, 3.05) is 6.54 Å². The fourth-order valence-electron chi connectivity index (χ4n) is 5.79. The quantitative estimate of drug-likeness (QED) is 0.366. The molecule has 2 aliphatic rings. The topological polar surface area (TPSA) is 44.1 Å². The number of rotatable bonds is 4. The number of likely N-dealkylation sites (tertiary alicyclic amines) is 1. The lowest BCUT2D eigenvalue weighted by Gasteiger charge is -2.40. The minimum atomic E-state index is -0.0126. The highest BCUT2D eigenvalue weighted by Crippen LogP contribution is 2.54. The molecule has 34 heavy (non-hydrogen) atoms. The number of hydrogen-bond acceptors (Lipinski definition) is 2. The van der Waals surface area contributed by atoms with Gasteiger partial charge in [-0.25, -0.2) is 0 Å². The van der Waals surface area contributed by atoms with Crippen LogP contribution in [0.25, 0.3) is 0 Å². The number of halogens is 3. The molecule has 0 N–H and O–H groups in total. The van der Waals surface area contributed by atoms with Crippen LogP contribution < -0.4 is 0 Å². The summed E-state index contributed by atoms with van der Waals surface area (Å²) in [7, 11) is 0. The molecule has 1 aliphatic heterocycles. The molecule has 5 rings (SSSR count). The van der Waals surface area contributed by atoms with Crippen molar-refractivity contribution < 1.29 is 4.79 Å². The Balaban J connectivity index is 1.48. The van der Waals surface area contributed by atoms with E-state index in [9.17, 15) is 4.79 Å².